The largest absolute Gasteiger partial charge is 0.504 e. The molecule has 4 amide bonds. The molecule has 7 rings (SSSR count). The molecular formula is C38H32Br2Cl2N2O8. The van der Waals surface area contributed by atoms with Gasteiger partial charge in [0.1, 0.15) is 11.5 Å². The van der Waals surface area contributed by atoms with E-state index >= 15 is 0 Å². The minimum atomic E-state index is -2.07. The van der Waals surface area contributed by atoms with Crippen LogP contribution >= 0.6 is 55.1 Å². The van der Waals surface area contributed by atoms with Crippen molar-refractivity contribution in [2.75, 3.05) is 31.7 Å². The predicted molar refractivity (Wildman–Crippen MR) is 203 cm³/mol. The Morgan fingerprint density at radius 2 is 1.60 bits per heavy atom. The SMILES string of the molecule is COc1ccc(OC)c(C=Cc2ccc(N3C(=O)C4CC=C5C(CC6(Cl)C(=O)N(CBr)C(=O)C6(Cl)C5c5cc(Br)cc(OC)c5O)C4C3=O)cc2)c1. The van der Waals surface area contributed by atoms with Gasteiger partial charge >= 0.3 is 0 Å². The highest BCUT2D eigenvalue weighted by Gasteiger charge is 2.76. The fraction of sp³-hybridized carbons (Fsp3) is 0.316. The van der Waals surface area contributed by atoms with Crippen molar-refractivity contribution in [3.63, 3.8) is 0 Å². The lowest BCUT2D eigenvalue weighted by atomic mass is 9.56. The Bertz CT molecular complexity index is 2090. The fourth-order valence-corrected chi connectivity index (χ4v) is 10.1. The molecule has 1 saturated carbocycles. The number of rotatable bonds is 8. The van der Waals surface area contributed by atoms with Gasteiger partial charge in [0.15, 0.2) is 21.2 Å². The van der Waals surface area contributed by atoms with Crippen molar-refractivity contribution in [1.82, 2.24) is 4.90 Å². The summed E-state index contributed by atoms with van der Waals surface area (Å²) in [6, 6.07) is 15.7. The number of benzene rings is 3. The average molecular weight is 875 g/mol. The summed E-state index contributed by atoms with van der Waals surface area (Å²) in [7, 11) is 4.56. The van der Waals surface area contributed by atoms with E-state index in [0.29, 0.717) is 27.2 Å². The molecule has 0 aromatic heterocycles. The van der Waals surface area contributed by atoms with E-state index in [1.807, 2.05) is 36.4 Å². The molecule has 3 aromatic carbocycles. The first-order valence-electron chi connectivity index (χ1n) is 16.3. The smallest absolute Gasteiger partial charge is 0.254 e. The molecular weight excluding hydrogens is 843 g/mol. The van der Waals surface area contributed by atoms with Gasteiger partial charge in [-0.15, -0.1) is 23.2 Å². The molecule has 0 spiro atoms. The molecule has 1 N–H and O–H groups in total. The summed E-state index contributed by atoms with van der Waals surface area (Å²) in [5.41, 5.74) is 2.61. The van der Waals surface area contributed by atoms with E-state index in [-0.39, 0.29) is 41.3 Å². The van der Waals surface area contributed by atoms with Gasteiger partial charge in [0.2, 0.25) is 11.8 Å². The normalized spacial score (nSPS) is 28.2. The number of carbonyl (C=O) groups excluding carboxylic acids is 4. The molecule has 270 valence electrons. The molecule has 0 bridgehead atoms. The first-order chi connectivity index (χ1) is 24.8. The highest BCUT2D eigenvalue weighted by Crippen LogP contribution is 2.66. The van der Waals surface area contributed by atoms with Crippen molar-refractivity contribution in [2.45, 2.75) is 28.5 Å². The lowest BCUT2D eigenvalue weighted by Gasteiger charge is -2.50. The minimum absolute atomic E-state index is 0.106. The van der Waals surface area contributed by atoms with Crippen LogP contribution in [0.15, 0.2) is 70.7 Å². The lowest BCUT2D eigenvalue weighted by Crippen LogP contribution is -2.60. The van der Waals surface area contributed by atoms with Gasteiger partial charge in [-0.2, -0.15) is 0 Å². The summed E-state index contributed by atoms with van der Waals surface area (Å²) in [5, 5.41) is 11.5. The van der Waals surface area contributed by atoms with Crippen LogP contribution in [0.4, 0.5) is 5.69 Å². The number of likely N-dealkylation sites (tertiary alicyclic amines) is 1. The molecule has 10 nitrogen and oxygen atoms in total. The summed E-state index contributed by atoms with van der Waals surface area (Å²) in [6.45, 7) is 0. The van der Waals surface area contributed by atoms with Gasteiger partial charge in [-0.3, -0.25) is 29.0 Å². The standard InChI is InChI=1S/C38H32Br2Cl2N2O8/c1-50-23-10-13-28(51-2)20(14-23)7-4-19-5-8-22(9-6-19)44-33(46)25-12-11-24-27(30(25)34(44)47)17-37(41)35(48)43(18-39)36(49)38(37,42)31(24)26-15-21(40)16-29(52-3)32(26)45/h4-11,13-16,25,27,30-31,45H,12,17-18H2,1-3H3. The van der Waals surface area contributed by atoms with E-state index in [9.17, 15) is 24.3 Å². The van der Waals surface area contributed by atoms with Crippen molar-refractivity contribution in [1.29, 1.82) is 0 Å². The Labute approximate surface area is 326 Å². The number of nitrogens with zero attached hydrogens (tertiary/aromatic N) is 2. The molecule has 3 aromatic rings. The number of methoxy groups -OCH3 is 3. The number of halogens is 4. The zero-order valence-electron chi connectivity index (χ0n) is 28.1. The zero-order valence-corrected chi connectivity index (χ0v) is 32.8. The number of imide groups is 2. The van der Waals surface area contributed by atoms with Crippen LogP contribution in [0.1, 0.15) is 35.4 Å². The number of phenols is 1. The van der Waals surface area contributed by atoms with Gasteiger partial charge in [0.05, 0.1) is 44.3 Å². The Morgan fingerprint density at radius 1 is 0.885 bits per heavy atom. The van der Waals surface area contributed by atoms with Crippen LogP contribution in [0.2, 0.25) is 0 Å². The summed E-state index contributed by atoms with van der Waals surface area (Å²) < 4.78 is 16.7. The number of aromatic hydroxyl groups is 1. The number of alkyl halides is 3. The molecule has 14 heteroatoms. The summed E-state index contributed by atoms with van der Waals surface area (Å²) >= 11 is 21.3. The fourth-order valence-electron chi connectivity index (χ4n) is 8.21. The van der Waals surface area contributed by atoms with Crippen LogP contribution in [0.5, 0.6) is 23.0 Å². The lowest BCUT2D eigenvalue weighted by molar-refractivity contribution is -0.138. The topological polar surface area (TPSA) is 123 Å². The van der Waals surface area contributed by atoms with E-state index in [0.717, 1.165) is 16.0 Å². The first kappa shape index (κ1) is 36.5. The van der Waals surface area contributed by atoms with E-state index in [1.54, 1.807) is 50.6 Å². The quantitative estimate of drug-likeness (QED) is 0.0826. The summed E-state index contributed by atoms with van der Waals surface area (Å²) in [4.78, 5) is 54.6. The molecule has 6 atom stereocenters. The Morgan fingerprint density at radius 3 is 2.25 bits per heavy atom. The number of allylic oxidation sites excluding steroid dienone is 2. The van der Waals surface area contributed by atoms with Gasteiger partial charge in [-0.1, -0.05) is 67.8 Å². The Balaban J connectivity index is 1.26. The molecule has 2 aliphatic carbocycles. The number of amides is 4. The third-order valence-electron chi connectivity index (χ3n) is 10.7. The highest BCUT2D eigenvalue weighted by atomic mass is 79.9. The van der Waals surface area contributed by atoms with Crippen molar-refractivity contribution in [3.05, 3.63) is 87.4 Å². The second kappa shape index (κ2) is 13.5. The zero-order chi connectivity index (χ0) is 37.3. The maximum atomic E-state index is 14.5. The number of carbonyl (C=O) groups is 4. The van der Waals surface area contributed by atoms with E-state index in [4.69, 9.17) is 37.4 Å². The van der Waals surface area contributed by atoms with Crippen LogP contribution < -0.4 is 19.1 Å². The van der Waals surface area contributed by atoms with Crippen molar-refractivity contribution >= 4 is 96.5 Å². The maximum Gasteiger partial charge on any atom is 0.254 e. The minimum Gasteiger partial charge on any atom is -0.504 e. The van der Waals surface area contributed by atoms with Crippen LogP contribution in [0.3, 0.4) is 0 Å². The number of anilines is 1. The van der Waals surface area contributed by atoms with Gasteiger partial charge in [0.25, 0.3) is 11.8 Å². The molecule has 52 heavy (non-hydrogen) atoms. The molecule has 2 heterocycles. The van der Waals surface area contributed by atoms with Gasteiger partial charge in [0, 0.05) is 21.5 Å². The number of fused-ring (bicyclic) bond motifs is 4. The van der Waals surface area contributed by atoms with E-state index in [1.165, 1.54) is 12.0 Å². The Hall–Kier alpha value is -3.84. The molecule has 4 aliphatic rings. The third-order valence-corrected chi connectivity index (χ3v) is 13.0. The van der Waals surface area contributed by atoms with E-state index in [2.05, 4.69) is 31.9 Å². The number of hydrogen-bond donors (Lipinski definition) is 1. The van der Waals surface area contributed by atoms with Crippen molar-refractivity contribution in [2.24, 2.45) is 17.8 Å². The molecule has 2 aliphatic heterocycles. The maximum absolute atomic E-state index is 14.5. The second-order valence-electron chi connectivity index (χ2n) is 13.1. The van der Waals surface area contributed by atoms with Crippen LogP contribution in [-0.4, -0.2) is 70.2 Å². The summed E-state index contributed by atoms with van der Waals surface area (Å²) in [6.07, 6.45) is 5.58. The van der Waals surface area contributed by atoms with Crippen LogP contribution in [0, 0.1) is 17.8 Å². The first-order valence-corrected chi connectivity index (χ1v) is 19.0. The molecule has 2 saturated heterocycles. The van der Waals surface area contributed by atoms with Crippen molar-refractivity contribution in [3.8, 4) is 23.0 Å². The van der Waals surface area contributed by atoms with Crippen LogP contribution in [-0.2, 0) is 19.2 Å². The number of phenolic OH excluding ortho intramolecular Hbond substituents is 1. The molecule has 6 unspecified atom stereocenters. The van der Waals surface area contributed by atoms with Gasteiger partial charge in [-0.25, -0.2) is 0 Å². The summed E-state index contributed by atoms with van der Waals surface area (Å²) in [5.74, 6) is -4.64. The van der Waals surface area contributed by atoms with E-state index < -0.39 is 51.1 Å². The second-order valence-corrected chi connectivity index (χ2v) is 15.7. The predicted octanol–water partition coefficient (Wildman–Crippen LogP) is 7.27. The highest BCUT2D eigenvalue weighted by molar-refractivity contribution is 9.10. The van der Waals surface area contributed by atoms with Gasteiger partial charge in [-0.05, 0) is 66.8 Å². The third kappa shape index (κ3) is 5.31. The van der Waals surface area contributed by atoms with Crippen molar-refractivity contribution < 1.29 is 38.5 Å². The van der Waals surface area contributed by atoms with Crippen LogP contribution in [0.25, 0.3) is 12.2 Å². The molecule has 0 radical (unpaired) electrons. The van der Waals surface area contributed by atoms with Gasteiger partial charge < -0.3 is 19.3 Å². The Kier molecular flexibility index (Phi) is 9.51. The molecule has 3 fully saturated rings. The number of hydrogen-bond acceptors (Lipinski definition) is 8. The average Bonchev–Trinajstić information content (AvgIpc) is 3.48. The monoisotopic (exact) mass is 872 g/mol. The number of ether oxygens (including phenoxy) is 3.